The largest absolute Gasteiger partial charge is 0 e. The molecule has 0 aromatic rings. The van der Waals surface area contributed by atoms with Crippen molar-refractivity contribution in [1.82, 2.24) is 0 Å². The van der Waals surface area contributed by atoms with Crippen LogP contribution in [0.5, 0.6) is 0 Å². The molecule has 7 heteroatoms. The number of phosphoric acid groups is 1. The molecule has 0 aliphatic heterocycles. The van der Waals surface area contributed by atoms with Crippen LogP contribution in [0.2, 0.25) is 0 Å². The van der Waals surface area contributed by atoms with Crippen molar-refractivity contribution in [2.45, 2.75) is 0 Å². The fourth-order valence-electron chi connectivity index (χ4n) is 0. The Morgan fingerprint density at radius 3 is 1.14 bits per heavy atom. The topological polar surface area (TPSA) is 77.8 Å². The van der Waals surface area contributed by atoms with E-state index in [0.717, 1.165) is 0 Å². The van der Waals surface area contributed by atoms with Gasteiger partial charge in [0.05, 0.1) is 0 Å². The Labute approximate surface area is 67.0 Å². The quantitative estimate of drug-likeness (QED) is 0.373. The second kappa shape index (κ2) is 5.53. The third-order valence-electron chi connectivity index (χ3n) is 0. The molecule has 0 aromatic heterocycles. The van der Waals surface area contributed by atoms with Crippen molar-refractivity contribution in [3.8, 4) is 0 Å². The summed E-state index contributed by atoms with van der Waals surface area (Å²) < 4.78 is 8.88. The van der Waals surface area contributed by atoms with Crippen LogP contribution in [-0.2, 0) is 25.6 Å². The van der Waals surface area contributed by atoms with E-state index >= 15 is 0 Å². The van der Waals surface area contributed by atoms with E-state index in [-0.39, 0.29) is 39.9 Å². The van der Waals surface area contributed by atoms with Crippen LogP contribution in [-0.4, -0.2) is 33.5 Å². The maximum atomic E-state index is 8.88. The molecule has 0 radical (unpaired) electrons. The van der Waals surface area contributed by atoms with Gasteiger partial charge in [-0.05, 0) is 0 Å². The van der Waals surface area contributed by atoms with E-state index in [1.165, 1.54) is 0 Å². The maximum Gasteiger partial charge on any atom is 0 e. The van der Waals surface area contributed by atoms with Crippen molar-refractivity contribution < 1.29 is 40.3 Å². The molecular formula is H4LiO4PPt. The number of rotatable bonds is 0. The summed E-state index contributed by atoms with van der Waals surface area (Å²) in [6, 6.07) is 0. The van der Waals surface area contributed by atoms with Gasteiger partial charge in [0.25, 0.3) is 0 Å². The molecule has 44 valence electrons. The van der Waals surface area contributed by atoms with E-state index in [0.29, 0.717) is 0 Å². The van der Waals surface area contributed by atoms with Crippen LogP contribution in [0.25, 0.3) is 0 Å². The molecule has 0 aliphatic carbocycles. The van der Waals surface area contributed by atoms with Crippen molar-refractivity contribution in [2.24, 2.45) is 0 Å². The van der Waals surface area contributed by atoms with Crippen LogP contribution in [0.15, 0.2) is 0 Å². The standard InChI is InChI=1S/Li.H3O4P.Pt.H/c;1-5(2,3)4;;/h;(H3,1,2,3,4);;. The second-order valence-corrected chi connectivity index (χ2v) is 1.54. The predicted octanol–water partition coefficient (Wildman–Crippen LogP) is -1.58. The monoisotopic (exact) mass is 301 g/mol. The van der Waals surface area contributed by atoms with Gasteiger partial charge in [0.15, 0.2) is 0 Å². The van der Waals surface area contributed by atoms with Crippen LogP contribution < -0.4 is 0 Å². The molecule has 0 rings (SSSR count). The Bertz CT molecular complexity index is 57.8. The molecule has 0 unspecified atom stereocenters. The summed E-state index contributed by atoms with van der Waals surface area (Å²) in [4.78, 5) is 21.6. The van der Waals surface area contributed by atoms with E-state index in [4.69, 9.17) is 19.2 Å². The molecule has 0 atom stereocenters. The molecule has 0 amide bonds. The van der Waals surface area contributed by atoms with Gasteiger partial charge in [0.1, 0.15) is 0 Å². The van der Waals surface area contributed by atoms with Gasteiger partial charge in [0, 0.05) is 21.1 Å². The normalized spacial score (nSPS) is 8.43. The van der Waals surface area contributed by atoms with E-state index in [9.17, 15) is 0 Å². The average Bonchev–Trinajstić information content (AvgIpc) is 0.722. The smallest absolute Gasteiger partial charge is 0 e. The molecule has 4 nitrogen and oxygen atoms in total. The second-order valence-electron chi connectivity index (χ2n) is 0.513. The zero-order valence-corrected chi connectivity index (χ0v) is 5.68. The number of hydrogen-bond acceptors (Lipinski definition) is 1. The molecule has 0 saturated carbocycles. The summed E-state index contributed by atoms with van der Waals surface area (Å²) in [5, 5.41) is 0. The van der Waals surface area contributed by atoms with E-state index in [2.05, 4.69) is 0 Å². The summed E-state index contributed by atoms with van der Waals surface area (Å²) in [6.45, 7) is 0. The first-order chi connectivity index (χ1) is 2.00. The van der Waals surface area contributed by atoms with Crippen LogP contribution in [0.1, 0.15) is 0 Å². The average molecular weight is 301 g/mol. The molecular weight excluding hydrogens is 297 g/mol. The maximum absolute atomic E-state index is 8.88. The van der Waals surface area contributed by atoms with Crippen LogP contribution in [0, 0.1) is 0 Å². The number of hydrogen-bond donors (Lipinski definition) is 3. The summed E-state index contributed by atoms with van der Waals surface area (Å²) in [6.07, 6.45) is 0. The van der Waals surface area contributed by atoms with Gasteiger partial charge in [-0.25, -0.2) is 4.57 Å². The van der Waals surface area contributed by atoms with E-state index in [1.807, 2.05) is 0 Å². The van der Waals surface area contributed by atoms with E-state index in [1.54, 1.807) is 0 Å². The van der Waals surface area contributed by atoms with Gasteiger partial charge in [-0.3, -0.25) is 0 Å². The van der Waals surface area contributed by atoms with Crippen molar-refractivity contribution in [1.29, 1.82) is 0 Å². The summed E-state index contributed by atoms with van der Waals surface area (Å²) >= 11 is 0. The first-order valence-corrected chi connectivity index (χ1v) is 2.35. The SMILES string of the molecule is O=P(O)(O)O.[LiH].[Pt]. The van der Waals surface area contributed by atoms with E-state index < -0.39 is 7.82 Å². The van der Waals surface area contributed by atoms with Gasteiger partial charge in [-0.1, -0.05) is 0 Å². The van der Waals surface area contributed by atoms with Gasteiger partial charge >= 0.3 is 26.7 Å². The molecule has 0 bridgehead atoms. The van der Waals surface area contributed by atoms with Crippen LogP contribution in [0.3, 0.4) is 0 Å². The molecule has 0 spiro atoms. The van der Waals surface area contributed by atoms with Crippen molar-refractivity contribution >= 4 is 26.7 Å². The van der Waals surface area contributed by atoms with Crippen LogP contribution in [0.4, 0.5) is 0 Å². The third-order valence-corrected chi connectivity index (χ3v) is 0. The van der Waals surface area contributed by atoms with Gasteiger partial charge in [0.2, 0.25) is 0 Å². The Balaban J connectivity index is -0.0000000800. The molecule has 0 saturated heterocycles. The Hall–Kier alpha value is 1.40. The molecule has 0 aliphatic rings. The van der Waals surface area contributed by atoms with Crippen molar-refractivity contribution in [3.63, 3.8) is 0 Å². The first-order valence-electron chi connectivity index (χ1n) is 0.783. The zero-order chi connectivity index (χ0) is 4.50. The summed E-state index contributed by atoms with van der Waals surface area (Å²) in [5.41, 5.74) is 0. The fraction of sp³-hybridized carbons (Fsp3) is 0. The molecule has 3 N–H and O–H groups in total. The summed E-state index contributed by atoms with van der Waals surface area (Å²) in [5.74, 6) is 0. The van der Waals surface area contributed by atoms with Gasteiger partial charge in [-0.15, -0.1) is 0 Å². The molecule has 0 aromatic carbocycles. The zero-order valence-electron chi connectivity index (χ0n) is 2.51. The minimum atomic E-state index is -4.64. The van der Waals surface area contributed by atoms with Crippen molar-refractivity contribution in [3.05, 3.63) is 0 Å². The predicted molar refractivity (Wildman–Crippen MR) is 21.4 cm³/mol. The fourth-order valence-corrected chi connectivity index (χ4v) is 0. The van der Waals surface area contributed by atoms with Gasteiger partial charge < -0.3 is 14.7 Å². The first kappa shape index (κ1) is 15.8. The van der Waals surface area contributed by atoms with Crippen molar-refractivity contribution in [2.75, 3.05) is 0 Å². The Morgan fingerprint density at radius 2 is 1.14 bits per heavy atom. The molecule has 0 fully saturated rings. The minimum Gasteiger partial charge on any atom is 0 e. The van der Waals surface area contributed by atoms with Crippen LogP contribution >= 0.6 is 7.82 Å². The minimum absolute atomic E-state index is 0. The van der Waals surface area contributed by atoms with Gasteiger partial charge in [-0.2, -0.15) is 0 Å². The third kappa shape index (κ3) is 111. The molecule has 7 heavy (non-hydrogen) atoms. The Kier molecular flexibility index (Phi) is 12.5. The Morgan fingerprint density at radius 1 is 1.14 bits per heavy atom. The summed E-state index contributed by atoms with van der Waals surface area (Å²) in [7, 11) is -4.64. The molecule has 0 heterocycles.